The second kappa shape index (κ2) is 12.2. The fourth-order valence-corrected chi connectivity index (χ4v) is 3.75. The van der Waals surface area contributed by atoms with Gasteiger partial charge >= 0.3 is 0 Å². The Labute approximate surface area is 185 Å². The fourth-order valence-electron chi connectivity index (χ4n) is 3.75. The molecule has 0 saturated carbocycles. The van der Waals surface area contributed by atoms with Crippen LogP contribution < -0.4 is 20.5 Å². The molecule has 7 nitrogen and oxygen atoms in total. The molecule has 0 amide bonds. The Morgan fingerprint density at radius 3 is 2.35 bits per heavy atom. The summed E-state index contributed by atoms with van der Waals surface area (Å²) in [6.07, 6.45) is 0.833. The number of nitrogens with two attached hydrogens (primary N) is 1. The van der Waals surface area contributed by atoms with Crippen LogP contribution in [0.1, 0.15) is 11.1 Å². The van der Waals surface area contributed by atoms with E-state index in [0.717, 1.165) is 69.3 Å². The topological polar surface area (TPSA) is 75.4 Å². The third kappa shape index (κ3) is 7.45. The molecule has 0 aliphatic carbocycles. The van der Waals surface area contributed by atoms with Gasteiger partial charge < -0.3 is 20.5 Å². The molecular formula is C24H35N5O2. The molecule has 1 aliphatic rings. The van der Waals surface area contributed by atoms with E-state index in [1.54, 1.807) is 14.2 Å². The van der Waals surface area contributed by atoms with E-state index in [1.807, 2.05) is 18.2 Å². The maximum atomic E-state index is 6.03. The minimum Gasteiger partial charge on any atom is -0.493 e. The summed E-state index contributed by atoms with van der Waals surface area (Å²) >= 11 is 0. The van der Waals surface area contributed by atoms with Crippen molar-refractivity contribution in [1.29, 1.82) is 0 Å². The first-order valence-electron chi connectivity index (χ1n) is 10.9. The first-order valence-corrected chi connectivity index (χ1v) is 10.9. The van der Waals surface area contributed by atoms with Gasteiger partial charge in [-0.15, -0.1) is 0 Å². The van der Waals surface area contributed by atoms with Crippen molar-refractivity contribution in [3.63, 3.8) is 0 Å². The molecular weight excluding hydrogens is 390 g/mol. The number of guanidine groups is 1. The van der Waals surface area contributed by atoms with Crippen molar-refractivity contribution in [1.82, 2.24) is 15.1 Å². The van der Waals surface area contributed by atoms with Crippen LogP contribution in [0.5, 0.6) is 11.5 Å². The highest BCUT2D eigenvalue weighted by Crippen LogP contribution is 2.27. The van der Waals surface area contributed by atoms with Gasteiger partial charge in [-0.25, -0.2) is 0 Å². The zero-order chi connectivity index (χ0) is 21.9. The van der Waals surface area contributed by atoms with Crippen molar-refractivity contribution >= 4 is 5.96 Å². The molecule has 0 unspecified atom stereocenters. The van der Waals surface area contributed by atoms with Gasteiger partial charge in [-0.2, -0.15) is 0 Å². The van der Waals surface area contributed by atoms with Gasteiger partial charge in [0.25, 0.3) is 0 Å². The number of ether oxygens (including phenoxy) is 2. The highest BCUT2D eigenvalue weighted by atomic mass is 16.5. The number of hydrogen-bond acceptors (Lipinski definition) is 5. The predicted molar refractivity (Wildman–Crippen MR) is 126 cm³/mol. The van der Waals surface area contributed by atoms with Crippen molar-refractivity contribution in [2.24, 2.45) is 10.7 Å². The van der Waals surface area contributed by atoms with E-state index >= 15 is 0 Å². The summed E-state index contributed by atoms with van der Waals surface area (Å²) in [5.74, 6) is 1.98. The molecule has 0 atom stereocenters. The zero-order valence-electron chi connectivity index (χ0n) is 18.7. The Bertz CT molecular complexity index is 820. The van der Waals surface area contributed by atoms with E-state index in [-0.39, 0.29) is 0 Å². The minimum atomic E-state index is 0.503. The van der Waals surface area contributed by atoms with Gasteiger partial charge in [0.15, 0.2) is 17.5 Å². The van der Waals surface area contributed by atoms with Crippen LogP contribution in [0.2, 0.25) is 0 Å². The number of nitrogens with one attached hydrogen (secondary N) is 1. The van der Waals surface area contributed by atoms with Gasteiger partial charge in [0, 0.05) is 45.8 Å². The third-order valence-electron chi connectivity index (χ3n) is 5.58. The van der Waals surface area contributed by atoms with Gasteiger partial charge in [0.1, 0.15) is 0 Å². The van der Waals surface area contributed by atoms with E-state index in [2.05, 4.69) is 50.4 Å². The van der Waals surface area contributed by atoms with Crippen LogP contribution in [-0.4, -0.2) is 75.8 Å². The third-order valence-corrected chi connectivity index (χ3v) is 5.58. The lowest BCUT2D eigenvalue weighted by atomic mass is 10.1. The molecule has 2 aromatic rings. The SMILES string of the molecule is COc1ccc(CCNC(N)=NCCN2CCN(Cc3ccccc3)CC2)cc1OC. The van der Waals surface area contributed by atoms with E-state index in [1.165, 1.54) is 5.56 Å². The first kappa shape index (κ1) is 22.9. The lowest BCUT2D eigenvalue weighted by Gasteiger charge is -2.34. The highest BCUT2D eigenvalue weighted by molar-refractivity contribution is 5.77. The number of rotatable bonds is 10. The Hall–Kier alpha value is -2.77. The molecule has 1 aliphatic heterocycles. The molecule has 0 radical (unpaired) electrons. The number of methoxy groups -OCH3 is 2. The maximum absolute atomic E-state index is 6.03. The quantitative estimate of drug-likeness (QED) is 0.448. The van der Waals surface area contributed by atoms with E-state index < -0.39 is 0 Å². The van der Waals surface area contributed by atoms with Crippen molar-refractivity contribution < 1.29 is 9.47 Å². The molecule has 0 aromatic heterocycles. The summed E-state index contributed by atoms with van der Waals surface area (Å²) in [4.78, 5) is 9.45. The number of hydrogen-bond donors (Lipinski definition) is 2. The van der Waals surface area contributed by atoms with Crippen LogP contribution in [0.15, 0.2) is 53.5 Å². The van der Waals surface area contributed by atoms with Crippen LogP contribution in [-0.2, 0) is 13.0 Å². The lowest BCUT2D eigenvalue weighted by molar-refractivity contribution is 0.130. The van der Waals surface area contributed by atoms with Crippen LogP contribution in [0.3, 0.4) is 0 Å². The number of aliphatic imine (C=N–C) groups is 1. The van der Waals surface area contributed by atoms with Gasteiger partial charge in [0.05, 0.1) is 20.8 Å². The molecule has 7 heteroatoms. The van der Waals surface area contributed by atoms with Crippen LogP contribution in [0.25, 0.3) is 0 Å². The number of benzene rings is 2. The monoisotopic (exact) mass is 425 g/mol. The van der Waals surface area contributed by atoms with Crippen molar-refractivity contribution in [2.45, 2.75) is 13.0 Å². The Morgan fingerprint density at radius 1 is 0.935 bits per heavy atom. The molecule has 1 fully saturated rings. The van der Waals surface area contributed by atoms with Crippen molar-refractivity contribution in [3.8, 4) is 11.5 Å². The van der Waals surface area contributed by atoms with E-state index in [0.29, 0.717) is 12.5 Å². The summed E-state index contributed by atoms with van der Waals surface area (Å²) in [5.41, 5.74) is 8.57. The Kier molecular flexibility index (Phi) is 8.99. The summed E-state index contributed by atoms with van der Waals surface area (Å²) in [7, 11) is 3.29. The molecule has 1 heterocycles. The number of nitrogens with zero attached hydrogens (tertiary/aromatic N) is 3. The van der Waals surface area contributed by atoms with Crippen LogP contribution in [0, 0.1) is 0 Å². The molecule has 1 saturated heterocycles. The molecule has 2 aromatic carbocycles. The maximum Gasteiger partial charge on any atom is 0.188 e. The Morgan fingerprint density at radius 2 is 1.65 bits per heavy atom. The smallest absolute Gasteiger partial charge is 0.188 e. The average molecular weight is 426 g/mol. The zero-order valence-corrected chi connectivity index (χ0v) is 18.7. The molecule has 3 rings (SSSR count). The van der Waals surface area contributed by atoms with E-state index in [9.17, 15) is 0 Å². The van der Waals surface area contributed by atoms with Gasteiger partial charge in [-0.05, 0) is 29.7 Å². The molecule has 168 valence electrons. The van der Waals surface area contributed by atoms with Gasteiger partial charge in [-0.1, -0.05) is 36.4 Å². The first-order chi connectivity index (χ1) is 15.2. The number of piperazine rings is 1. The molecule has 3 N–H and O–H groups in total. The second-order valence-corrected chi connectivity index (χ2v) is 7.74. The van der Waals surface area contributed by atoms with Crippen LogP contribution in [0.4, 0.5) is 0 Å². The highest BCUT2D eigenvalue weighted by Gasteiger charge is 2.16. The normalized spacial score (nSPS) is 15.6. The fraction of sp³-hybridized carbons (Fsp3) is 0.458. The summed E-state index contributed by atoms with van der Waals surface area (Å²) < 4.78 is 10.6. The summed E-state index contributed by atoms with van der Waals surface area (Å²) in [5, 5.41) is 3.20. The van der Waals surface area contributed by atoms with Crippen molar-refractivity contribution in [3.05, 3.63) is 59.7 Å². The lowest BCUT2D eigenvalue weighted by Crippen LogP contribution is -2.46. The summed E-state index contributed by atoms with van der Waals surface area (Å²) in [6, 6.07) is 16.6. The van der Waals surface area contributed by atoms with Crippen molar-refractivity contribution in [2.75, 3.05) is 60.0 Å². The largest absolute Gasteiger partial charge is 0.493 e. The second-order valence-electron chi connectivity index (χ2n) is 7.74. The van der Waals surface area contributed by atoms with Gasteiger partial charge in [0.2, 0.25) is 0 Å². The van der Waals surface area contributed by atoms with E-state index in [4.69, 9.17) is 15.2 Å². The standard InChI is InChI=1S/C24H35N5O2/c1-30-22-9-8-20(18-23(22)31-2)10-11-26-24(25)27-12-13-28-14-16-29(17-15-28)19-21-6-4-3-5-7-21/h3-9,18H,10-17,19H2,1-2H3,(H3,25,26,27). The predicted octanol–water partition coefficient (Wildman–Crippen LogP) is 1.97. The Balaban J connectivity index is 1.31. The molecule has 31 heavy (non-hydrogen) atoms. The molecule has 0 bridgehead atoms. The van der Waals surface area contributed by atoms with Crippen LogP contribution >= 0.6 is 0 Å². The minimum absolute atomic E-state index is 0.503. The molecule has 0 spiro atoms. The summed E-state index contributed by atoms with van der Waals surface area (Å²) in [6.45, 7) is 7.76. The average Bonchev–Trinajstić information content (AvgIpc) is 2.81. The van der Waals surface area contributed by atoms with Gasteiger partial charge in [-0.3, -0.25) is 14.8 Å².